The third-order valence-corrected chi connectivity index (χ3v) is 5.93. The average molecular weight is 479 g/mol. The molecule has 2 amide bonds. The van der Waals surface area contributed by atoms with Gasteiger partial charge in [0.25, 0.3) is 0 Å². The molecule has 35 heavy (non-hydrogen) atoms. The third-order valence-electron chi connectivity index (χ3n) is 5.93. The van der Waals surface area contributed by atoms with Crippen LogP contribution >= 0.6 is 0 Å². The lowest BCUT2D eigenvalue weighted by atomic mass is 9.95. The summed E-state index contributed by atoms with van der Waals surface area (Å²) >= 11 is 0. The van der Waals surface area contributed by atoms with Crippen LogP contribution < -0.4 is 16.1 Å². The summed E-state index contributed by atoms with van der Waals surface area (Å²) in [5.74, 6) is -0.459. The van der Waals surface area contributed by atoms with Crippen molar-refractivity contribution < 1.29 is 19.4 Å². The number of ether oxygens (including phenoxy) is 1. The zero-order chi connectivity index (χ0) is 25.5. The fraction of sp³-hybridized carbons (Fsp3) is 0.393. The molecule has 0 saturated carbocycles. The molecular weight excluding hydrogens is 444 g/mol. The molecule has 3 aromatic rings. The van der Waals surface area contributed by atoms with Crippen LogP contribution in [0.1, 0.15) is 51.3 Å². The molecule has 7 heteroatoms. The highest BCUT2D eigenvalue weighted by atomic mass is 16.5. The Hall–Kier alpha value is -3.45. The number of amides is 2. The van der Waals surface area contributed by atoms with Crippen LogP contribution in [0, 0.1) is 11.8 Å². The molecular formula is C28H34N2O5. The molecule has 0 aromatic heterocycles. The number of nitrogens with one attached hydrogen (secondary N) is 2. The predicted molar refractivity (Wildman–Crippen MR) is 135 cm³/mol. The van der Waals surface area contributed by atoms with Gasteiger partial charge in [0.15, 0.2) is 5.43 Å². The van der Waals surface area contributed by atoms with Crippen molar-refractivity contribution in [1.29, 1.82) is 0 Å². The number of aliphatic hydroxyl groups is 1. The van der Waals surface area contributed by atoms with Gasteiger partial charge in [-0.25, -0.2) is 4.79 Å². The van der Waals surface area contributed by atoms with Crippen LogP contribution in [0.15, 0.2) is 65.5 Å². The number of hydrogen-bond donors (Lipinski definition) is 3. The maximum absolute atomic E-state index is 13.2. The summed E-state index contributed by atoms with van der Waals surface area (Å²) in [7, 11) is 0. The first kappa shape index (κ1) is 26.2. The van der Waals surface area contributed by atoms with E-state index in [0.29, 0.717) is 17.5 Å². The van der Waals surface area contributed by atoms with Gasteiger partial charge in [-0.05, 0) is 29.4 Å². The summed E-state index contributed by atoms with van der Waals surface area (Å²) in [5.41, 5.74) is 2.23. The van der Waals surface area contributed by atoms with Crippen LogP contribution in [0.25, 0.3) is 11.1 Å². The van der Waals surface area contributed by atoms with E-state index in [1.54, 1.807) is 0 Å². The summed E-state index contributed by atoms with van der Waals surface area (Å²) in [4.78, 5) is 38.1. The van der Waals surface area contributed by atoms with E-state index >= 15 is 0 Å². The molecule has 3 N–H and O–H groups in total. The number of carbonyl (C=O) groups is 2. The second-order valence-electron chi connectivity index (χ2n) is 9.60. The molecule has 7 nitrogen and oxygen atoms in total. The molecule has 0 spiro atoms. The summed E-state index contributed by atoms with van der Waals surface area (Å²) < 4.78 is 5.28. The van der Waals surface area contributed by atoms with Gasteiger partial charge in [0.1, 0.15) is 18.8 Å². The quantitative estimate of drug-likeness (QED) is 0.385. The fourth-order valence-electron chi connectivity index (χ4n) is 4.02. The summed E-state index contributed by atoms with van der Waals surface area (Å²) in [5, 5.41) is 16.5. The van der Waals surface area contributed by atoms with Gasteiger partial charge < -0.3 is 20.5 Å². The first-order valence-electron chi connectivity index (χ1n) is 12.0. The Labute approximate surface area is 206 Å². The molecule has 0 bridgehead atoms. The van der Waals surface area contributed by atoms with Gasteiger partial charge in [-0.2, -0.15) is 0 Å². The van der Waals surface area contributed by atoms with Crippen LogP contribution in [-0.4, -0.2) is 29.2 Å². The van der Waals surface area contributed by atoms with Crippen LogP contribution in [-0.2, 0) is 16.1 Å². The highest BCUT2D eigenvalue weighted by Gasteiger charge is 2.37. The smallest absolute Gasteiger partial charge is 0.408 e. The maximum Gasteiger partial charge on any atom is 0.408 e. The van der Waals surface area contributed by atoms with Crippen molar-refractivity contribution in [3.05, 3.63) is 82.0 Å². The first-order valence-corrected chi connectivity index (χ1v) is 12.0. The van der Waals surface area contributed by atoms with E-state index in [9.17, 15) is 19.5 Å². The SMILES string of the molecule is CC(C)CC(NC(=O)OCc1ccccc1)C(=O)N[C@@H](C(C)C)C(O)c1c(-c2ccccc2)c1=O. The van der Waals surface area contributed by atoms with Gasteiger partial charge in [0.05, 0.1) is 6.04 Å². The molecule has 3 atom stereocenters. The van der Waals surface area contributed by atoms with Crippen LogP contribution in [0.3, 0.4) is 0 Å². The molecule has 186 valence electrons. The second kappa shape index (κ2) is 11.8. The monoisotopic (exact) mass is 478 g/mol. The van der Waals surface area contributed by atoms with Crippen molar-refractivity contribution in [2.45, 2.75) is 58.9 Å². The van der Waals surface area contributed by atoms with Crippen LogP contribution in [0.5, 0.6) is 0 Å². The van der Waals surface area contributed by atoms with Crippen molar-refractivity contribution in [3.8, 4) is 11.1 Å². The molecule has 0 radical (unpaired) electrons. The number of hydrogen-bond acceptors (Lipinski definition) is 5. The summed E-state index contributed by atoms with van der Waals surface area (Å²) in [6, 6.07) is 16.9. The summed E-state index contributed by atoms with van der Waals surface area (Å²) in [6.45, 7) is 7.72. The van der Waals surface area contributed by atoms with Gasteiger partial charge in [-0.15, -0.1) is 0 Å². The fourth-order valence-corrected chi connectivity index (χ4v) is 4.02. The second-order valence-corrected chi connectivity index (χ2v) is 9.60. The largest absolute Gasteiger partial charge is 0.445 e. The molecule has 3 aromatic carbocycles. The Bertz CT molecular complexity index is 1120. The van der Waals surface area contributed by atoms with Gasteiger partial charge >= 0.3 is 6.09 Å². The number of rotatable bonds is 11. The topological polar surface area (TPSA) is 105 Å². The Morgan fingerprint density at radius 2 is 1.51 bits per heavy atom. The molecule has 3 rings (SSSR count). The van der Waals surface area contributed by atoms with E-state index in [4.69, 9.17) is 4.74 Å². The summed E-state index contributed by atoms with van der Waals surface area (Å²) in [6.07, 6.45) is -1.45. The standard InChI is InChI=1S/C28H34N2O5/c1-17(2)15-21(29-28(34)35-16-19-11-7-5-8-12-19)27(33)30-24(18(3)4)26(32)23-22(25(23)31)20-13-9-6-10-14-20/h5-14,17-18,21,24,26,32H,15-16H2,1-4H3,(H,29,34)(H,30,33)/t21?,24-,26?/m0/s1. The third kappa shape index (κ3) is 7.02. The lowest BCUT2D eigenvalue weighted by molar-refractivity contribution is -0.125. The minimum Gasteiger partial charge on any atom is -0.445 e. The van der Waals surface area contributed by atoms with Gasteiger partial charge in [-0.3, -0.25) is 9.59 Å². The van der Waals surface area contributed by atoms with Gasteiger partial charge in [0, 0.05) is 11.1 Å². The zero-order valence-corrected chi connectivity index (χ0v) is 20.7. The highest BCUT2D eigenvalue weighted by molar-refractivity contribution is 5.86. The Morgan fingerprint density at radius 3 is 2.09 bits per heavy atom. The minimum atomic E-state index is -1.15. The lowest BCUT2D eigenvalue weighted by Crippen LogP contribution is -2.52. The van der Waals surface area contributed by atoms with E-state index in [-0.39, 0.29) is 23.9 Å². The molecule has 2 unspecified atom stereocenters. The highest BCUT2D eigenvalue weighted by Crippen LogP contribution is 2.33. The van der Waals surface area contributed by atoms with Crippen molar-refractivity contribution in [2.75, 3.05) is 0 Å². The van der Waals surface area contributed by atoms with Crippen molar-refractivity contribution in [2.24, 2.45) is 11.8 Å². The normalized spacial score (nSPS) is 14.0. The number of aliphatic hydroxyl groups excluding tert-OH is 1. The first-order chi connectivity index (χ1) is 16.7. The van der Waals surface area contributed by atoms with E-state index in [0.717, 1.165) is 11.1 Å². The van der Waals surface area contributed by atoms with E-state index in [2.05, 4.69) is 10.6 Å². The molecule has 0 aliphatic heterocycles. The number of alkyl carbamates (subject to hydrolysis) is 1. The van der Waals surface area contributed by atoms with Crippen LogP contribution in [0.4, 0.5) is 4.79 Å². The van der Waals surface area contributed by atoms with Crippen LogP contribution in [0.2, 0.25) is 0 Å². The maximum atomic E-state index is 13.2. The number of carbonyl (C=O) groups excluding carboxylic acids is 2. The predicted octanol–water partition coefficient (Wildman–Crippen LogP) is 4.10. The van der Waals surface area contributed by atoms with Gasteiger partial charge in [-0.1, -0.05) is 88.4 Å². The molecule has 0 fully saturated rings. The van der Waals surface area contributed by atoms with E-state index in [1.807, 2.05) is 88.4 Å². The molecule has 0 aliphatic carbocycles. The number of benzene rings is 2. The van der Waals surface area contributed by atoms with E-state index < -0.39 is 30.2 Å². The zero-order valence-electron chi connectivity index (χ0n) is 20.7. The van der Waals surface area contributed by atoms with Gasteiger partial charge in [0.2, 0.25) is 5.91 Å². The molecule has 0 saturated heterocycles. The minimum absolute atomic E-state index is 0.0918. The Balaban J connectivity index is 1.67. The van der Waals surface area contributed by atoms with Crippen molar-refractivity contribution in [1.82, 2.24) is 10.6 Å². The molecule has 0 heterocycles. The lowest BCUT2D eigenvalue weighted by Gasteiger charge is -2.29. The van der Waals surface area contributed by atoms with Crippen molar-refractivity contribution >= 4 is 12.0 Å². The molecule has 0 aliphatic rings. The Morgan fingerprint density at radius 1 is 0.914 bits per heavy atom. The average Bonchev–Trinajstić information content (AvgIpc) is 3.51. The van der Waals surface area contributed by atoms with Crippen molar-refractivity contribution in [3.63, 3.8) is 0 Å². The Kier molecular flexibility index (Phi) is 8.82. The van der Waals surface area contributed by atoms with E-state index in [1.165, 1.54) is 0 Å².